The first-order valence-corrected chi connectivity index (χ1v) is 9.88. The Hall–Kier alpha value is -0.250. The molecule has 0 fully saturated rings. The summed E-state index contributed by atoms with van der Waals surface area (Å²) in [5.74, 6) is 0. The summed E-state index contributed by atoms with van der Waals surface area (Å²) in [6.07, 6.45) is 0. The van der Waals surface area contributed by atoms with Gasteiger partial charge in [0.05, 0.1) is 3.79 Å². The van der Waals surface area contributed by atoms with Crippen LogP contribution in [-0.4, -0.2) is 19.8 Å². The zero-order chi connectivity index (χ0) is 15.6. The number of nitrogens with two attached hydrogens (primary N) is 1. The van der Waals surface area contributed by atoms with Gasteiger partial charge in [0.2, 0.25) is 10.0 Å². The van der Waals surface area contributed by atoms with Crippen molar-refractivity contribution in [3.63, 3.8) is 0 Å². The SMILES string of the molecule is CN(Cc1cccc(Br)c1)S(=O)(=O)c1cc(CN)sc1Br. The summed E-state index contributed by atoms with van der Waals surface area (Å²) >= 11 is 8.04. The minimum atomic E-state index is -3.54. The highest BCUT2D eigenvalue weighted by Gasteiger charge is 2.25. The number of thiophene rings is 1. The molecule has 0 aliphatic heterocycles. The maximum Gasteiger partial charge on any atom is 0.245 e. The van der Waals surface area contributed by atoms with Crippen LogP contribution in [0.15, 0.2) is 43.5 Å². The fourth-order valence-electron chi connectivity index (χ4n) is 1.82. The Balaban J connectivity index is 2.28. The van der Waals surface area contributed by atoms with E-state index in [9.17, 15) is 8.42 Å². The van der Waals surface area contributed by atoms with Crippen LogP contribution >= 0.6 is 43.2 Å². The molecule has 0 radical (unpaired) electrons. The third-order valence-corrected chi connectivity index (χ3v) is 7.46. The fraction of sp³-hybridized carbons (Fsp3) is 0.231. The molecule has 0 bridgehead atoms. The number of rotatable bonds is 5. The lowest BCUT2D eigenvalue weighted by molar-refractivity contribution is 0.466. The molecule has 114 valence electrons. The van der Waals surface area contributed by atoms with Gasteiger partial charge in [0, 0.05) is 29.5 Å². The summed E-state index contributed by atoms with van der Waals surface area (Å²) in [6.45, 7) is 0.635. The lowest BCUT2D eigenvalue weighted by atomic mass is 10.2. The molecule has 2 aromatic rings. The van der Waals surface area contributed by atoms with Gasteiger partial charge in [0.1, 0.15) is 4.90 Å². The average molecular weight is 454 g/mol. The van der Waals surface area contributed by atoms with Crippen molar-refractivity contribution in [3.8, 4) is 0 Å². The monoisotopic (exact) mass is 452 g/mol. The first-order chi connectivity index (χ1) is 9.84. The lowest BCUT2D eigenvalue weighted by Gasteiger charge is -2.17. The van der Waals surface area contributed by atoms with Crippen molar-refractivity contribution in [3.05, 3.63) is 49.0 Å². The summed E-state index contributed by atoms with van der Waals surface area (Å²) in [7, 11) is -1.97. The van der Waals surface area contributed by atoms with E-state index in [0.717, 1.165) is 14.9 Å². The van der Waals surface area contributed by atoms with Crippen molar-refractivity contribution >= 4 is 53.2 Å². The van der Waals surface area contributed by atoms with Crippen LogP contribution in [0.5, 0.6) is 0 Å². The molecular weight excluding hydrogens is 440 g/mol. The van der Waals surface area contributed by atoms with Gasteiger partial charge in [0.15, 0.2) is 0 Å². The molecule has 0 aliphatic rings. The van der Waals surface area contributed by atoms with Crippen LogP contribution in [0.1, 0.15) is 10.4 Å². The molecule has 4 nitrogen and oxygen atoms in total. The van der Waals surface area contributed by atoms with Crippen LogP contribution < -0.4 is 5.73 Å². The zero-order valence-electron chi connectivity index (χ0n) is 11.2. The fourth-order valence-corrected chi connectivity index (χ4v) is 5.93. The molecule has 1 heterocycles. The molecule has 0 saturated carbocycles. The predicted molar refractivity (Wildman–Crippen MR) is 92.7 cm³/mol. The van der Waals surface area contributed by atoms with Crippen molar-refractivity contribution in [2.45, 2.75) is 18.0 Å². The molecular formula is C13H14Br2N2O2S2. The largest absolute Gasteiger partial charge is 0.326 e. The molecule has 0 amide bonds. The summed E-state index contributed by atoms with van der Waals surface area (Å²) in [5.41, 5.74) is 6.49. The third kappa shape index (κ3) is 3.94. The van der Waals surface area contributed by atoms with Crippen molar-refractivity contribution in [2.24, 2.45) is 5.73 Å². The number of hydrogen-bond acceptors (Lipinski definition) is 4. The van der Waals surface area contributed by atoms with Crippen LogP contribution in [0.2, 0.25) is 0 Å². The molecule has 0 unspecified atom stereocenters. The normalized spacial score (nSPS) is 12.0. The molecule has 0 spiro atoms. The minimum Gasteiger partial charge on any atom is -0.326 e. The van der Waals surface area contributed by atoms with Gasteiger partial charge in [-0.15, -0.1) is 11.3 Å². The van der Waals surface area contributed by atoms with E-state index >= 15 is 0 Å². The Bertz CT molecular complexity index is 744. The molecule has 0 aliphatic carbocycles. The standard InChI is InChI=1S/C13H14Br2N2O2S2/c1-17(8-9-3-2-4-10(14)5-9)21(18,19)12-6-11(7-16)20-13(12)15/h2-6H,7-8,16H2,1H3. The maximum absolute atomic E-state index is 12.6. The second-order valence-electron chi connectivity index (χ2n) is 4.45. The molecule has 21 heavy (non-hydrogen) atoms. The number of hydrogen-bond donors (Lipinski definition) is 1. The second kappa shape index (κ2) is 6.89. The topological polar surface area (TPSA) is 63.4 Å². The van der Waals surface area contributed by atoms with Gasteiger partial charge in [-0.05, 0) is 39.7 Å². The number of sulfonamides is 1. The Morgan fingerprint density at radius 3 is 2.57 bits per heavy atom. The van der Waals surface area contributed by atoms with Gasteiger partial charge in [-0.3, -0.25) is 0 Å². The molecule has 1 aromatic carbocycles. The predicted octanol–water partition coefficient (Wildman–Crippen LogP) is 3.55. The molecule has 2 N–H and O–H groups in total. The summed E-state index contributed by atoms with van der Waals surface area (Å²) in [4.78, 5) is 1.10. The molecule has 0 atom stereocenters. The van der Waals surface area contributed by atoms with Gasteiger partial charge < -0.3 is 5.73 Å². The van der Waals surface area contributed by atoms with Gasteiger partial charge in [-0.25, -0.2) is 8.42 Å². The Morgan fingerprint density at radius 1 is 1.29 bits per heavy atom. The van der Waals surface area contributed by atoms with Crippen molar-refractivity contribution in [1.29, 1.82) is 0 Å². The Morgan fingerprint density at radius 2 is 2.00 bits per heavy atom. The van der Waals surface area contributed by atoms with Gasteiger partial charge in [-0.2, -0.15) is 4.31 Å². The highest BCUT2D eigenvalue weighted by Crippen LogP contribution is 2.33. The number of benzene rings is 1. The average Bonchev–Trinajstić information content (AvgIpc) is 2.80. The second-order valence-corrected chi connectivity index (χ2v) is 9.83. The van der Waals surface area contributed by atoms with E-state index in [0.29, 0.717) is 16.9 Å². The van der Waals surface area contributed by atoms with Crippen LogP contribution in [-0.2, 0) is 23.1 Å². The van der Waals surface area contributed by atoms with Crippen molar-refractivity contribution in [2.75, 3.05) is 7.05 Å². The summed E-state index contributed by atoms with van der Waals surface area (Å²) in [5, 5.41) is 0. The number of nitrogens with zero attached hydrogens (tertiary/aromatic N) is 1. The van der Waals surface area contributed by atoms with Gasteiger partial charge in [0.25, 0.3) is 0 Å². The minimum absolute atomic E-state index is 0.269. The van der Waals surface area contributed by atoms with Crippen LogP contribution in [0.3, 0.4) is 0 Å². The van der Waals surface area contributed by atoms with E-state index in [1.807, 2.05) is 24.3 Å². The Labute approximate surface area is 145 Å². The van der Waals surface area contributed by atoms with Crippen molar-refractivity contribution in [1.82, 2.24) is 4.31 Å². The van der Waals surface area contributed by atoms with Crippen LogP contribution in [0.25, 0.3) is 0 Å². The molecule has 2 rings (SSSR count). The quantitative estimate of drug-likeness (QED) is 0.752. The molecule has 8 heteroatoms. The first-order valence-electron chi connectivity index (χ1n) is 6.03. The lowest BCUT2D eigenvalue weighted by Crippen LogP contribution is -2.26. The molecule has 0 saturated heterocycles. The van der Waals surface area contributed by atoms with E-state index in [1.54, 1.807) is 13.1 Å². The smallest absolute Gasteiger partial charge is 0.245 e. The van der Waals surface area contributed by atoms with Crippen molar-refractivity contribution < 1.29 is 8.42 Å². The molecule has 1 aromatic heterocycles. The van der Waals surface area contributed by atoms with Crippen LogP contribution in [0.4, 0.5) is 0 Å². The first kappa shape index (κ1) is 17.1. The Kier molecular flexibility index (Phi) is 5.61. The van der Waals surface area contributed by atoms with Gasteiger partial charge >= 0.3 is 0 Å². The summed E-state index contributed by atoms with van der Waals surface area (Å²) in [6, 6.07) is 9.21. The number of halogens is 2. The summed E-state index contributed by atoms with van der Waals surface area (Å²) < 4.78 is 28.1. The van der Waals surface area contributed by atoms with E-state index in [-0.39, 0.29) is 4.90 Å². The third-order valence-electron chi connectivity index (χ3n) is 2.89. The highest BCUT2D eigenvalue weighted by atomic mass is 79.9. The zero-order valence-corrected chi connectivity index (χ0v) is 16.0. The van der Waals surface area contributed by atoms with Crippen LogP contribution in [0, 0.1) is 0 Å². The van der Waals surface area contributed by atoms with E-state index in [1.165, 1.54) is 15.6 Å². The van der Waals surface area contributed by atoms with E-state index < -0.39 is 10.0 Å². The van der Waals surface area contributed by atoms with E-state index in [4.69, 9.17) is 5.73 Å². The maximum atomic E-state index is 12.6. The van der Waals surface area contributed by atoms with E-state index in [2.05, 4.69) is 31.9 Å². The highest BCUT2D eigenvalue weighted by molar-refractivity contribution is 9.11. The van der Waals surface area contributed by atoms with Gasteiger partial charge in [-0.1, -0.05) is 28.1 Å².